The highest BCUT2D eigenvalue weighted by Gasteiger charge is 2.21. The van der Waals surface area contributed by atoms with Crippen molar-refractivity contribution in [3.05, 3.63) is 40.4 Å². The molecule has 2 aromatic rings. The van der Waals surface area contributed by atoms with Gasteiger partial charge in [0.05, 0.1) is 16.4 Å². The highest BCUT2D eigenvalue weighted by molar-refractivity contribution is 9.10. The molecule has 0 unspecified atom stereocenters. The van der Waals surface area contributed by atoms with Gasteiger partial charge in [-0.25, -0.2) is 0 Å². The van der Waals surface area contributed by atoms with Gasteiger partial charge in [0.15, 0.2) is 0 Å². The largest absolute Gasteiger partial charge is 0.397 e. The number of nitrogens with two attached hydrogens (primary N) is 1. The molecule has 0 fully saturated rings. The maximum atomic E-state index is 12.4. The van der Waals surface area contributed by atoms with Crippen molar-refractivity contribution >= 4 is 27.4 Å². The number of aromatic nitrogens is 3. The number of anilines is 1. The SMILES string of the molecule is CCCn1ncc(Br)c1C(=O)c1ncccc1N. The summed E-state index contributed by atoms with van der Waals surface area (Å²) >= 11 is 3.34. The molecule has 0 aliphatic heterocycles. The molecule has 2 heterocycles. The number of rotatable bonds is 4. The molecule has 2 N–H and O–H groups in total. The molecule has 0 bridgehead atoms. The van der Waals surface area contributed by atoms with Crippen molar-refractivity contribution in [2.75, 3.05) is 5.73 Å². The van der Waals surface area contributed by atoms with Gasteiger partial charge in [-0.15, -0.1) is 0 Å². The zero-order valence-corrected chi connectivity index (χ0v) is 11.5. The van der Waals surface area contributed by atoms with Crippen molar-refractivity contribution in [3.63, 3.8) is 0 Å². The van der Waals surface area contributed by atoms with Gasteiger partial charge < -0.3 is 5.73 Å². The van der Waals surface area contributed by atoms with Crippen molar-refractivity contribution in [1.29, 1.82) is 0 Å². The van der Waals surface area contributed by atoms with Crippen LogP contribution in [-0.2, 0) is 6.54 Å². The fraction of sp³-hybridized carbons (Fsp3) is 0.250. The van der Waals surface area contributed by atoms with Crippen molar-refractivity contribution < 1.29 is 4.79 Å². The van der Waals surface area contributed by atoms with E-state index in [1.165, 1.54) is 0 Å². The van der Waals surface area contributed by atoms with Crippen LogP contribution in [-0.4, -0.2) is 20.5 Å². The smallest absolute Gasteiger partial charge is 0.232 e. The van der Waals surface area contributed by atoms with Crippen LogP contribution < -0.4 is 5.73 Å². The van der Waals surface area contributed by atoms with Crippen LogP contribution in [0.4, 0.5) is 5.69 Å². The summed E-state index contributed by atoms with van der Waals surface area (Å²) in [4.78, 5) is 16.5. The second-order valence-corrected chi connectivity index (χ2v) is 4.69. The molecule has 2 aromatic heterocycles. The maximum Gasteiger partial charge on any atom is 0.232 e. The minimum atomic E-state index is -0.217. The Balaban J connectivity index is 2.46. The van der Waals surface area contributed by atoms with Crippen molar-refractivity contribution in [3.8, 4) is 0 Å². The van der Waals surface area contributed by atoms with E-state index in [0.29, 0.717) is 22.4 Å². The summed E-state index contributed by atoms with van der Waals surface area (Å²) in [7, 11) is 0. The standard InChI is InChI=1S/C12H13BrN4O/c1-2-6-17-11(8(13)7-16-17)12(18)10-9(14)4-3-5-15-10/h3-5,7H,2,6,14H2,1H3. The summed E-state index contributed by atoms with van der Waals surface area (Å²) in [5.41, 5.74) is 6.90. The lowest BCUT2D eigenvalue weighted by atomic mass is 10.1. The number of halogens is 1. The number of hydrogen-bond acceptors (Lipinski definition) is 4. The Morgan fingerprint density at radius 2 is 2.33 bits per heavy atom. The average Bonchev–Trinajstić information content (AvgIpc) is 2.71. The summed E-state index contributed by atoms with van der Waals surface area (Å²) in [6, 6.07) is 3.36. The summed E-state index contributed by atoms with van der Waals surface area (Å²) in [6.45, 7) is 2.71. The number of pyridine rings is 1. The van der Waals surface area contributed by atoms with Crippen LogP contribution in [0.2, 0.25) is 0 Å². The van der Waals surface area contributed by atoms with E-state index in [2.05, 4.69) is 26.0 Å². The van der Waals surface area contributed by atoms with Gasteiger partial charge in [0, 0.05) is 12.7 Å². The molecule has 0 aliphatic carbocycles. The normalized spacial score (nSPS) is 10.6. The second-order valence-electron chi connectivity index (χ2n) is 3.83. The van der Waals surface area contributed by atoms with Gasteiger partial charge in [-0.2, -0.15) is 5.10 Å². The van der Waals surface area contributed by atoms with Crippen molar-refractivity contribution in [1.82, 2.24) is 14.8 Å². The van der Waals surface area contributed by atoms with Gasteiger partial charge in [-0.3, -0.25) is 14.5 Å². The van der Waals surface area contributed by atoms with Crippen molar-refractivity contribution in [2.45, 2.75) is 19.9 Å². The van der Waals surface area contributed by atoms with Crippen molar-refractivity contribution in [2.24, 2.45) is 0 Å². The van der Waals surface area contributed by atoms with Crippen LogP contribution in [0, 0.1) is 0 Å². The first-order valence-electron chi connectivity index (χ1n) is 5.61. The molecule has 0 aliphatic rings. The highest BCUT2D eigenvalue weighted by Crippen LogP contribution is 2.21. The topological polar surface area (TPSA) is 73.8 Å². The van der Waals surface area contributed by atoms with Crippen LogP contribution in [0.5, 0.6) is 0 Å². The second kappa shape index (κ2) is 5.30. The Morgan fingerprint density at radius 3 is 3.00 bits per heavy atom. The molecule has 0 saturated carbocycles. The van der Waals surface area contributed by atoms with Gasteiger partial charge in [0.2, 0.25) is 5.78 Å². The zero-order valence-electron chi connectivity index (χ0n) is 9.93. The Bertz CT molecular complexity index is 579. The summed E-state index contributed by atoms with van der Waals surface area (Å²) < 4.78 is 2.33. The number of nitrogen functional groups attached to an aromatic ring is 1. The van der Waals surface area contributed by atoms with E-state index in [-0.39, 0.29) is 11.5 Å². The Morgan fingerprint density at radius 1 is 1.56 bits per heavy atom. The lowest BCUT2D eigenvalue weighted by Crippen LogP contribution is -2.14. The van der Waals surface area contributed by atoms with E-state index >= 15 is 0 Å². The quantitative estimate of drug-likeness (QED) is 0.879. The van der Waals surface area contributed by atoms with E-state index in [4.69, 9.17) is 5.73 Å². The third-order valence-electron chi connectivity index (χ3n) is 2.50. The number of carbonyl (C=O) groups excluding carboxylic acids is 1. The molecular formula is C12H13BrN4O. The molecule has 5 nitrogen and oxygen atoms in total. The van der Waals surface area contributed by atoms with E-state index < -0.39 is 0 Å². The first kappa shape index (κ1) is 12.8. The Hall–Kier alpha value is -1.69. The molecule has 0 radical (unpaired) electrons. The lowest BCUT2D eigenvalue weighted by Gasteiger charge is -2.07. The van der Waals surface area contributed by atoms with E-state index in [1.807, 2.05) is 6.92 Å². The average molecular weight is 309 g/mol. The molecule has 18 heavy (non-hydrogen) atoms. The van der Waals surface area contributed by atoms with Gasteiger partial charge in [0.1, 0.15) is 11.4 Å². The molecule has 0 atom stereocenters. The van der Waals surface area contributed by atoms with Gasteiger partial charge in [0.25, 0.3) is 0 Å². The minimum Gasteiger partial charge on any atom is -0.397 e. The number of nitrogens with zero attached hydrogens (tertiary/aromatic N) is 3. The molecule has 0 saturated heterocycles. The molecule has 6 heteroatoms. The molecule has 94 valence electrons. The molecule has 0 aromatic carbocycles. The molecule has 0 spiro atoms. The van der Waals surface area contributed by atoms with Crippen LogP contribution in [0.15, 0.2) is 29.0 Å². The number of ketones is 1. The van der Waals surface area contributed by atoms with Crippen LogP contribution in [0.25, 0.3) is 0 Å². The molecule has 2 rings (SSSR count). The Labute approximate surface area is 113 Å². The summed E-state index contributed by atoms with van der Waals surface area (Å²) in [6.07, 6.45) is 4.06. The third-order valence-corrected chi connectivity index (χ3v) is 3.08. The first-order valence-corrected chi connectivity index (χ1v) is 6.41. The highest BCUT2D eigenvalue weighted by atomic mass is 79.9. The monoisotopic (exact) mass is 308 g/mol. The fourth-order valence-corrected chi connectivity index (χ4v) is 2.17. The first-order chi connectivity index (χ1) is 8.65. The van der Waals surface area contributed by atoms with E-state index in [9.17, 15) is 4.79 Å². The van der Waals surface area contributed by atoms with Crippen LogP contribution in [0.1, 0.15) is 29.5 Å². The van der Waals surface area contributed by atoms with Crippen LogP contribution in [0.3, 0.4) is 0 Å². The summed E-state index contributed by atoms with van der Waals surface area (Å²) in [5, 5.41) is 4.16. The van der Waals surface area contributed by atoms with Gasteiger partial charge >= 0.3 is 0 Å². The van der Waals surface area contributed by atoms with Gasteiger partial charge in [-0.1, -0.05) is 6.92 Å². The Kier molecular flexibility index (Phi) is 3.76. The van der Waals surface area contributed by atoms with Crippen LogP contribution >= 0.6 is 15.9 Å². The zero-order chi connectivity index (χ0) is 13.1. The lowest BCUT2D eigenvalue weighted by molar-refractivity contribution is 0.102. The predicted octanol–water partition coefficient (Wildman–Crippen LogP) is 2.26. The summed E-state index contributed by atoms with van der Waals surface area (Å²) in [5.74, 6) is -0.217. The maximum absolute atomic E-state index is 12.4. The number of hydrogen-bond donors (Lipinski definition) is 1. The fourth-order valence-electron chi connectivity index (χ4n) is 1.69. The van der Waals surface area contributed by atoms with Gasteiger partial charge in [-0.05, 0) is 34.5 Å². The number of carbonyl (C=O) groups is 1. The van der Waals surface area contributed by atoms with E-state index in [1.54, 1.807) is 29.2 Å². The predicted molar refractivity (Wildman–Crippen MR) is 72.3 cm³/mol. The minimum absolute atomic E-state index is 0.217. The molecular weight excluding hydrogens is 296 g/mol. The van der Waals surface area contributed by atoms with E-state index in [0.717, 1.165) is 6.42 Å². The number of aryl methyl sites for hydroxylation is 1. The molecule has 0 amide bonds. The third kappa shape index (κ3) is 2.28.